The molecular weight excluding hydrogens is 392 g/mol. The molecular formula is C21H28N2O3S2. The SMILES string of the molecule is Cc1cc(C(=O)N2CCN(S(=O)(=O)c3ccc(C(C)(C)C)cc3)CC2)sc1C. The summed E-state index contributed by atoms with van der Waals surface area (Å²) in [6.07, 6.45) is 0. The molecule has 0 saturated carbocycles. The van der Waals surface area contributed by atoms with Crippen molar-refractivity contribution in [2.75, 3.05) is 26.2 Å². The minimum absolute atomic E-state index is 0.00669. The highest BCUT2D eigenvalue weighted by atomic mass is 32.2. The number of rotatable bonds is 3. The van der Waals surface area contributed by atoms with Crippen molar-refractivity contribution >= 4 is 27.3 Å². The third kappa shape index (κ3) is 4.16. The number of carbonyl (C=O) groups excluding carboxylic acids is 1. The van der Waals surface area contributed by atoms with Crippen LogP contribution in [0.4, 0.5) is 0 Å². The van der Waals surface area contributed by atoms with Gasteiger partial charge in [0.2, 0.25) is 10.0 Å². The van der Waals surface area contributed by atoms with Gasteiger partial charge in [0.25, 0.3) is 5.91 Å². The van der Waals surface area contributed by atoms with Gasteiger partial charge in [0.15, 0.2) is 0 Å². The van der Waals surface area contributed by atoms with Crippen molar-refractivity contribution in [2.45, 2.75) is 44.9 Å². The van der Waals surface area contributed by atoms with Crippen LogP contribution in [-0.2, 0) is 15.4 Å². The summed E-state index contributed by atoms with van der Waals surface area (Å²) >= 11 is 1.50. The number of aryl methyl sites for hydroxylation is 2. The second-order valence-electron chi connectivity index (χ2n) is 8.32. The minimum atomic E-state index is -3.54. The van der Waals surface area contributed by atoms with Gasteiger partial charge in [0, 0.05) is 31.1 Å². The molecule has 0 aliphatic carbocycles. The van der Waals surface area contributed by atoms with E-state index in [1.165, 1.54) is 15.6 Å². The molecule has 0 N–H and O–H groups in total. The fraction of sp³-hybridized carbons (Fsp3) is 0.476. The minimum Gasteiger partial charge on any atom is -0.335 e. The number of hydrogen-bond donors (Lipinski definition) is 0. The van der Waals surface area contributed by atoms with Gasteiger partial charge in [-0.3, -0.25) is 4.79 Å². The molecule has 1 aliphatic rings. The molecule has 1 aromatic heterocycles. The summed E-state index contributed by atoms with van der Waals surface area (Å²) in [5, 5.41) is 0. The average Bonchev–Trinajstić information content (AvgIpc) is 2.99. The van der Waals surface area contributed by atoms with Crippen LogP contribution in [0.5, 0.6) is 0 Å². The Balaban J connectivity index is 1.69. The van der Waals surface area contributed by atoms with Gasteiger partial charge in [-0.05, 0) is 48.6 Å². The van der Waals surface area contributed by atoms with Crippen LogP contribution in [0.2, 0.25) is 0 Å². The molecule has 152 valence electrons. The van der Waals surface area contributed by atoms with Gasteiger partial charge in [-0.25, -0.2) is 8.42 Å². The lowest BCUT2D eigenvalue weighted by molar-refractivity contribution is 0.0702. The van der Waals surface area contributed by atoms with E-state index in [4.69, 9.17) is 0 Å². The largest absolute Gasteiger partial charge is 0.335 e. The second-order valence-corrected chi connectivity index (χ2v) is 11.5. The topological polar surface area (TPSA) is 57.7 Å². The van der Waals surface area contributed by atoms with Gasteiger partial charge in [-0.1, -0.05) is 32.9 Å². The molecule has 0 atom stereocenters. The molecule has 5 nitrogen and oxygen atoms in total. The molecule has 0 unspecified atom stereocenters. The molecule has 3 rings (SSSR count). The fourth-order valence-corrected chi connectivity index (χ4v) is 5.67. The van der Waals surface area contributed by atoms with Crippen molar-refractivity contribution in [1.82, 2.24) is 9.21 Å². The maximum Gasteiger partial charge on any atom is 0.264 e. The van der Waals surface area contributed by atoms with Crippen LogP contribution >= 0.6 is 11.3 Å². The van der Waals surface area contributed by atoms with Gasteiger partial charge >= 0.3 is 0 Å². The number of amides is 1. The lowest BCUT2D eigenvalue weighted by Gasteiger charge is -2.33. The number of hydrogen-bond acceptors (Lipinski definition) is 4. The molecule has 2 aromatic rings. The Morgan fingerprint density at radius 2 is 1.57 bits per heavy atom. The maximum atomic E-state index is 13.0. The Bertz CT molecular complexity index is 943. The van der Waals surface area contributed by atoms with E-state index in [9.17, 15) is 13.2 Å². The predicted octanol–water partition coefficient (Wildman–Crippen LogP) is 3.81. The van der Waals surface area contributed by atoms with Gasteiger partial charge in [-0.2, -0.15) is 4.31 Å². The summed E-state index contributed by atoms with van der Waals surface area (Å²) in [4.78, 5) is 16.6. The summed E-state index contributed by atoms with van der Waals surface area (Å²) in [5.41, 5.74) is 2.20. The molecule has 7 heteroatoms. The first-order valence-electron chi connectivity index (χ1n) is 9.47. The highest BCUT2D eigenvalue weighted by Gasteiger charge is 2.31. The van der Waals surface area contributed by atoms with E-state index >= 15 is 0 Å². The third-order valence-corrected chi connectivity index (χ3v) is 8.31. The zero-order chi connectivity index (χ0) is 20.7. The van der Waals surface area contributed by atoms with Crippen molar-refractivity contribution in [3.63, 3.8) is 0 Å². The maximum absolute atomic E-state index is 13.0. The molecule has 0 bridgehead atoms. The van der Waals surface area contributed by atoms with Crippen LogP contribution < -0.4 is 0 Å². The lowest BCUT2D eigenvalue weighted by Crippen LogP contribution is -2.50. The fourth-order valence-electron chi connectivity index (χ4n) is 3.24. The lowest BCUT2D eigenvalue weighted by atomic mass is 9.87. The number of carbonyl (C=O) groups is 1. The van der Waals surface area contributed by atoms with Gasteiger partial charge < -0.3 is 4.90 Å². The summed E-state index contributed by atoms with van der Waals surface area (Å²) in [7, 11) is -3.54. The van der Waals surface area contributed by atoms with Crippen LogP contribution in [0.3, 0.4) is 0 Å². The standard InChI is InChI=1S/C21H28N2O3S2/c1-15-14-19(27-16(15)2)20(24)22-10-12-23(13-11-22)28(25,26)18-8-6-17(7-9-18)21(3,4)5/h6-9,14H,10-13H2,1-5H3. The molecule has 0 radical (unpaired) electrons. The zero-order valence-corrected chi connectivity index (χ0v) is 18.8. The monoisotopic (exact) mass is 420 g/mol. The van der Waals surface area contributed by atoms with E-state index in [1.54, 1.807) is 17.0 Å². The average molecular weight is 421 g/mol. The smallest absolute Gasteiger partial charge is 0.264 e. The molecule has 1 aromatic carbocycles. The first-order valence-corrected chi connectivity index (χ1v) is 11.7. The summed E-state index contributed by atoms with van der Waals surface area (Å²) in [6.45, 7) is 11.8. The summed E-state index contributed by atoms with van der Waals surface area (Å²) < 4.78 is 27.4. The van der Waals surface area contributed by atoms with Crippen LogP contribution in [-0.4, -0.2) is 49.7 Å². The number of piperazine rings is 1. The number of benzene rings is 1. The van der Waals surface area contributed by atoms with E-state index in [-0.39, 0.29) is 11.3 Å². The van der Waals surface area contributed by atoms with Gasteiger partial charge in [-0.15, -0.1) is 11.3 Å². The van der Waals surface area contributed by atoms with Crippen molar-refractivity contribution < 1.29 is 13.2 Å². The van der Waals surface area contributed by atoms with E-state index in [0.29, 0.717) is 31.1 Å². The molecule has 1 amide bonds. The van der Waals surface area contributed by atoms with E-state index in [2.05, 4.69) is 20.8 Å². The van der Waals surface area contributed by atoms with Gasteiger partial charge in [0.05, 0.1) is 9.77 Å². The summed E-state index contributed by atoms with van der Waals surface area (Å²) in [5.74, 6) is -0.00669. The first kappa shape index (κ1) is 21.0. The normalized spacial score (nSPS) is 16.4. The Morgan fingerprint density at radius 1 is 1.00 bits per heavy atom. The Labute approximate surface area is 172 Å². The first-order chi connectivity index (χ1) is 13.0. The Hall–Kier alpha value is -1.70. The predicted molar refractivity (Wildman–Crippen MR) is 114 cm³/mol. The molecule has 1 fully saturated rings. The van der Waals surface area contributed by atoms with Crippen molar-refractivity contribution in [3.8, 4) is 0 Å². The third-order valence-electron chi connectivity index (χ3n) is 5.26. The van der Waals surface area contributed by atoms with E-state index in [1.807, 2.05) is 32.0 Å². The Kier molecular flexibility index (Phi) is 5.71. The molecule has 1 saturated heterocycles. The summed E-state index contributed by atoms with van der Waals surface area (Å²) in [6, 6.07) is 9.06. The Morgan fingerprint density at radius 3 is 2.04 bits per heavy atom. The number of thiophene rings is 1. The van der Waals surface area contributed by atoms with E-state index < -0.39 is 10.0 Å². The van der Waals surface area contributed by atoms with Crippen molar-refractivity contribution in [3.05, 3.63) is 51.2 Å². The highest BCUT2D eigenvalue weighted by molar-refractivity contribution is 7.89. The molecule has 0 spiro atoms. The van der Waals surface area contributed by atoms with Crippen molar-refractivity contribution in [1.29, 1.82) is 0 Å². The van der Waals surface area contributed by atoms with E-state index in [0.717, 1.165) is 20.9 Å². The van der Waals surface area contributed by atoms with Crippen LogP contribution in [0.25, 0.3) is 0 Å². The second kappa shape index (κ2) is 7.61. The van der Waals surface area contributed by atoms with Crippen LogP contribution in [0.1, 0.15) is 46.4 Å². The number of sulfonamides is 1. The molecule has 2 heterocycles. The molecule has 1 aliphatic heterocycles. The van der Waals surface area contributed by atoms with Crippen LogP contribution in [0.15, 0.2) is 35.2 Å². The van der Waals surface area contributed by atoms with Gasteiger partial charge in [0.1, 0.15) is 0 Å². The molecule has 28 heavy (non-hydrogen) atoms. The quantitative estimate of drug-likeness (QED) is 0.759. The van der Waals surface area contributed by atoms with Crippen molar-refractivity contribution in [2.24, 2.45) is 0 Å². The number of nitrogens with zero attached hydrogens (tertiary/aromatic N) is 2. The highest BCUT2D eigenvalue weighted by Crippen LogP contribution is 2.26. The zero-order valence-electron chi connectivity index (χ0n) is 17.2. The van der Waals surface area contributed by atoms with Crippen LogP contribution in [0, 0.1) is 13.8 Å².